The van der Waals surface area contributed by atoms with Crippen LogP contribution in [0.15, 0.2) is 91.0 Å². The van der Waals surface area contributed by atoms with Crippen LogP contribution in [-0.2, 0) is 14.7 Å². The lowest BCUT2D eigenvalue weighted by molar-refractivity contribution is 0.00578. The van der Waals surface area contributed by atoms with Crippen molar-refractivity contribution >= 4 is 23.2 Å². The van der Waals surface area contributed by atoms with Gasteiger partial charge in [0, 0.05) is 9.65 Å². The molecule has 1 saturated heterocycles. The van der Waals surface area contributed by atoms with Crippen LogP contribution in [0.5, 0.6) is 0 Å². The molecule has 0 N–H and O–H groups in total. The molecule has 2 nitrogen and oxygen atoms in total. The number of benzene rings is 3. The molecule has 4 heteroatoms. The second-order valence-electron chi connectivity index (χ2n) is 10.0. The Hall–Kier alpha value is -2.66. The Kier molecular flexibility index (Phi) is 4.54. The van der Waals surface area contributed by atoms with Crippen LogP contribution in [0.3, 0.4) is 0 Å². The standard InChI is InChI=1S/C29H27BO2S/c1-27(2)28(3,4)32-30(31-27)25-19-24-26(33-25)22-17-11-12-18-23(22)29(24,20-13-7-5-8-14-20)21-15-9-6-10-16-21/h5-19H,1-4H3. The quantitative estimate of drug-likeness (QED) is 0.296. The van der Waals surface area contributed by atoms with Gasteiger partial charge in [-0.15, -0.1) is 11.3 Å². The molecule has 0 unspecified atom stereocenters. The second-order valence-corrected chi connectivity index (χ2v) is 11.1. The molecule has 33 heavy (non-hydrogen) atoms. The third kappa shape index (κ3) is 2.88. The van der Waals surface area contributed by atoms with Crippen LogP contribution in [0.2, 0.25) is 0 Å². The number of hydrogen-bond acceptors (Lipinski definition) is 3. The number of hydrogen-bond donors (Lipinski definition) is 0. The molecule has 164 valence electrons. The van der Waals surface area contributed by atoms with Crippen molar-refractivity contribution in [2.24, 2.45) is 0 Å². The van der Waals surface area contributed by atoms with E-state index in [1.807, 2.05) is 0 Å². The summed E-state index contributed by atoms with van der Waals surface area (Å²) in [7, 11) is -0.359. The zero-order valence-corrected chi connectivity index (χ0v) is 20.3. The molecule has 0 bridgehead atoms. The minimum Gasteiger partial charge on any atom is -0.399 e. The first-order valence-corrected chi connectivity index (χ1v) is 12.4. The molecule has 3 aromatic carbocycles. The van der Waals surface area contributed by atoms with E-state index >= 15 is 0 Å². The zero-order chi connectivity index (χ0) is 22.8. The summed E-state index contributed by atoms with van der Waals surface area (Å²) in [6.07, 6.45) is 0. The van der Waals surface area contributed by atoms with Crippen LogP contribution in [-0.4, -0.2) is 18.3 Å². The fourth-order valence-electron chi connectivity index (χ4n) is 5.28. The fraction of sp³-hybridized carbons (Fsp3) is 0.241. The van der Waals surface area contributed by atoms with Crippen LogP contribution in [0.4, 0.5) is 0 Å². The molecule has 0 saturated carbocycles. The first kappa shape index (κ1) is 20.9. The minimum atomic E-state index is -0.368. The van der Waals surface area contributed by atoms with Crippen LogP contribution >= 0.6 is 11.3 Å². The maximum absolute atomic E-state index is 6.44. The van der Waals surface area contributed by atoms with Gasteiger partial charge < -0.3 is 9.31 Å². The largest absolute Gasteiger partial charge is 0.505 e. The van der Waals surface area contributed by atoms with Crippen molar-refractivity contribution in [3.8, 4) is 10.4 Å². The Bertz CT molecular complexity index is 1270. The van der Waals surface area contributed by atoms with Gasteiger partial charge >= 0.3 is 7.12 Å². The summed E-state index contributed by atoms with van der Waals surface area (Å²) in [5.74, 6) is 0. The van der Waals surface area contributed by atoms with Crippen molar-refractivity contribution in [3.05, 3.63) is 113 Å². The first-order valence-electron chi connectivity index (χ1n) is 11.6. The SMILES string of the molecule is CC1(C)OB(c2cc3c(s2)-c2ccccc2C3(c2ccccc2)c2ccccc2)OC1(C)C. The third-order valence-corrected chi connectivity index (χ3v) is 8.82. The van der Waals surface area contributed by atoms with Gasteiger partial charge in [0.2, 0.25) is 0 Å². The average molecular weight is 450 g/mol. The summed E-state index contributed by atoms with van der Waals surface area (Å²) < 4.78 is 14.0. The van der Waals surface area contributed by atoms with E-state index in [0.29, 0.717) is 0 Å². The topological polar surface area (TPSA) is 18.5 Å². The van der Waals surface area contributed by atoms with E-state index in [0.717, 1.165) is 4.78 Å². The molecular weight excluding hydrogens is 423 g/mol. The highest BCUT2D eigenvalue weighted by molar-refractivity contribution is 7.25. The van der Waals surface area contributed by atoms with E-state index in [1.165, 1.54) is 32.7 Å². The molecule has 2 heterocycles. The summed E-state index contributed by atoms with van der Waals surface area (Å²) in [6, 6.07) is 32.9. The Morgan fingerprint density at radius 2 is 1.15 bits per heavy atom. The van der Waals surface area contributed by atoms with Crippen molar-refractivity contribution < 1.29 is 9.31 Å². The average Bonchev–Trinajstić information content (AvgIpc) is 3.43. The summed E-state index contributed by atoms with van der Waals surface area (Å²) >= 11 is 1.81. The van der Waals surface area contributed by atoms with E-state index < -0.39 is 0 Å². The molecular formula is C29H27BO2S. The van der Waals surface area contributed by atoms with E-state index in [9.17, 15) is 0 Å². The number of fused-ring (bicyclic) bond motifs is 3. The van der Waals surface area contributed by atoms with Crippen LogP contribution in [0.1, 0.15) is 49.9 Å². The maximum Gasteiger partial charge on any atom is 0.505 e. The second kappa shape index (κ2) is 7.17. The summed E-state index contributed by atoms with van der Waals surface area (Å²) in [6.45, 7) is 8.45. The highest BCUT2D eigenvalue weighted by Crippen LogP contribution is 2.57. The molecule has 1 aliphatic heterocycles. The van der Waals surface area contributed by atoms with Gasteiger partial charge in [0.25, 0.3) is 0 Å². The molecule has 2 aliphatic rings. The Balaban J connectivity index is 1.62. The molecule has 0 spiro atoms. The predicted octanol–water partition coefficient (Wildman–Crippen LogP) is 6.41. The lowest BCUT2D eigenvalue weighted by atomic mass is 9.67. The third-order valence-electron chi connectivity index (χ3n) is 7.63. The van der Waals surface area contributed by atoms with Crippen LogP contribution in [0, 0.1) is 0 Å². The lowest BCUT2D eigenvalue weighted by Crippen LogP contribution is -2.41. The van der Waals surface area contributed by atoms with Gasteiger partial charge in [-0.3, -0.25) is 0 Å². The molecule has 0 radical (unpaired) electrons. The fourth-order valence-corrected chi connectivity index (χ4v) is 6.50. The lowest BCUT2D eigenvalue weighted by Gasteiger charge is -2.33. The van der Waals surface area contributed by atoms with Gasteiger partial charge in [0.15, 0.2) is 0 Å². The number of thiophene rings is 1. The Morgan fingerprint density at radius 3 is 1.73 bits per heavy atom. The van der Waals surface area contributed by atoms with Crippen molar-refractivity contribution in [2.75, 3.05) is 0 Å². The van der Waals surface area contributed by atoms with Crippen LogP contribution in [0.25, 0.3) is 10.4 Å². The molecule has 1 aliphatic carbocycles. The molecule has 1 fully saturated rings. The Morgan fingerprint density at radius 1 is 0.636 bits per heavy atom. The smallest absolute Gasteiger partial charge is 0.399 e. The highest BCUT2D eigenvalue weighted by atomic mass is 32.1. The predicted molar refractivity (Wildman–Crippen MR) is 137 cm³/mol. The highest BCUT2D eigenvalue weighted by Gasteiger charge is 2.54. The Labute approximate surface area is 200 Å². The van der Waals surface area contributed by atoms with Gasteiger partial charge in [-0.05, 0) is 61.6 Å². The molecule has 0 amide bonds. The van der Waals surface area contributed by atoms with Crippen LogP contribution < -0.4 is 4.78 Å². The molecule has 6 rings (SSSR count). The van der Waals surface area contributed by atoms with Gasteiger partial charge in [-0.1, -0.05) is 84.9 Å². The summed E-state index contributed by atoms with van der Waals surface area (Å²) in [5.41, 5.74) is 5.42. The molecule has 1 aromatic heterocycles. The van der Waals surface area contributed by atoms with Crippen molar-refractivity contribution in [3.63, 3.8) is 0 Å². The van der Waals surface area contributed by atoms with Crippen molar-refractivity contribution in [1.29, 1.82) is 0 Å². The maximum atomic E-state index is 6.44. The minimum absolute atomic E-state index is 0.359. The van der Waals surface area contributed by atoms with Gasteiger partial charge in [-0.2, -0.15) is 0 Å². The van der Waals surface area contributed by atoms with E-state index in [2.05, 4.69) is 119 Å². The first-order chi connectivity index (χ1) is 15.8. The van der Waals surface area contributed by atoms with Crippen molar-refractivity contribution in [2.45, 2.75) is 44.3 Å². The van der Waals surface area contributed by atoms with Gasteiger partial charge in [0.05, 0.1) is 16.6 Å². The van der Waals surface area contributed by atoms with Crippen molar-refractivity contribution in [1.82, 2.24) is 0 Å². The van der Waals surface area contributed by atoms with Gasteiger partial charge in [0.1, 0.15) is 0 Å². The summed E-state index contributed by atoms with van der Waals surface area (Å²) in [5, 5.41) is 0. The number of rotatable bonds is 3. The zero-order valence-electron chi connectivity index (χ0n) is 19.5. The molecule has 0 atom stereocenters. The van der Waals surface area contributed by atoms with Gasteiger partial charge in [-0.25, -0.2) is 0 Å². The molecule has 4 aromatic rings. The monoisotopic (exact) mass is 450 g/mol. The summed E-state index contributed by atoms with van der Waals surface area (Å²) in [4.78, 5) is 1.31. The van der Waals surface area contributed by atoms with E-state index in [-0.39, 0.29) is 23.7 Å². The van der Waals surface area contributed by atoms with E-state index in [1.54, 1.807) is 11.3 Å². The normalized spacial score (nSPS) is 19.3. The van der Waals surface area contributed by atoms with E-state index in [4.69, 9.17) is 9.31 Å².